The molecule has 0 aromatic heterocycles. The molecule has 0 radical (unpaired) electrons. The fourth-order valence-electron chi connectivity index (χ4n) is 3.12. The number of aryl methyl sites for hydroxylation is 2. The Bertz CT molecular complexity index is 701. The Morgan fingerprint density at radius 3 is 2.00 bits per heavy atom. The third-order valence-corrected chi connectivity index (χ3v) is 4.80. The van der Waals surface area contributed by atoms with Crippen LogP contribution in [0.3, 0.4) is 0 Å². The first-order valence-corrected chi connectivity index (χ1v) is 9.27. The Kier molecular flexibility index (Phi) is 6.96. The quantitative estimate of drug-likeness (QED) is 0.768. The van der Waals surface area contributed by atoms with Crippen molar-refractivity contribution in [2.45, 2.75) is 51.5 Å². The van der Waals surface area contributed by atoms with E-state index in [1.54, 1.807) is 0 Å². The minimum absolute atomic E-state index is 0.212. The van der Waals surface area contributed by atoms with Crippen molar-refractivity contribution in [2.24, 2.45) is 0 Å². The summed E-state index contributed by atoms with van der Waals surface area (Å²) >= 11 is 0. The number of hydrogen-bond acceptors (Lipinski definition) is 4. The summed E-state index contributed by atoms with van der Waals surface area (Å²) in [7, 11) is 0. The van der Waals surface area contributed by atoms with Gasteiger partial charge in [-0.15, -0.1) is 0 Å². The standard InChI is InChI=1S/C22H27FO4/c1-15-3-7-17(8-4-15)12-25-14-20-22(21(23)19(11-24)27-20)26-13-18-9-5-16(2)6-10-18/h3-10,19-22,24H,11-14H2,1-2H3/t19?,20-,21-,22-/m1/s1. The number of alkyl halides is 1. The van der Waals surface area contributed by atoms with E-state index in [0.29, 0.717) is 13.2 Å². The zero-order chi connectivity index (χ0) is 19.2. The number of rotatable bonds is 8. The van der Waals surface area contributed by atoms with Crippen molar-refractivity contribution < 1.29 is 23.7 Å². The molecule has 1 N–H and O–H groups in total. The largest absolute Gasteiger partial charge is 0.394 e. The summed E-state index contributed by atoms with van der Waals surface area (Å²) in [4.78, 5) is 0. The smallest absolute Gasteiger partial charge is 0.157 e. The van der Waals surface area contributed by atoms with Crippen LogP contribution in [-0.2, 0) is 27.4 Å². The Morgan fingerprint density at radius 1 is 0.889 bits per heavy atom. The van der Waals surface area contributed by atoms with Crippen molar-refractivity contribution >= 4 is 0 Å². The van der Waals surface area contributed by atoms with Crippen LogP contribution in [0, 0.1) is 13.8 Å². The molecule has 27 heavy (non-hydrogen) atoms. The van der Waals surface area contributed by atoms with Crippen LogP contribution < -0.4 is 0 Å². The average Bonchev–Trinajstić information content (AvgIpc) is 2.98. The zero-order valence-electron chi connectivity index (χ0n) is 15.8. The third kappa shape index (κ3) is 5.36. The predicted molar refractivity (Wildman–Crippen MR) is 101 cm³/mol. The Morgan fingerprint density at radius 2 is 1.44 bits per heavy atom. The highest BCUT2D eigenvalue weighted by atomic mass is 19.1. The van der Waals surface area contributed by atoms with Crippen LogP contribution in [-0.4, -0.2) is 42.8 Å². The number of ether oxygens (including phenoxy) is 3. The monoisotopic (exact) mass is 374 g/mol. The molecule has 5 heteroatoms. The number of benzene rings is 2. The van der Waals surface area contributed by atoms with Crippen molar-refractivity contribution in [3.05, 3.63) is 70.8 Å². The molecule has 1 saturated heterocycles. The maximum absolute atomic E-state index is 14.6. The van der Waals surface area contributed by atoms with Gasteiger partial charge in [0.1, 0.15) is 18.3 Å². The van der Waals surface area contributed by atoms with E-state index in [1.807, 2.05) is 62.4 Å². The molecular weight excluding hydrogens is 347 g/mol. The summed E-state index contributed by atoms with van der Waals surface area (Å²) in [5.74, 6) is 0. The molecule has 0 saturated carbocycles. The molecule has 2 aromatic rings. The lowest BCUT2D eigenvalue weighted by Gasteiger charge is -2.20. The minimum atomic E-state index is -1.38. The van der Waals surface area contributed by atoms with E-state index in [9.17, 15) is 9.50 Å². The van der Waals surface area contributed by atoms with Gasteiger partial charge in [-0.1, -0.05) is 59.7 Å². The van der Waals surface area contributed by atoms with Crippen molar-refractivity contribution in [1.29, 1.82) is 0 Å². The van der Waals surface area contributed by atoms with E-state index in [1.165, 1.54) is 5.56 Å². The molecule has 3 rings (SSSR count). The average molecular weight is 374 g/mol. The second kappa shape index (κ2) is 9.42. The van der Waals surface area contributed by atoms with Crippen LogP contribution in [0.2, 0.25) is 0 Å². The van der Waals surface area contributed by atoms with Crippen LogP contribution in [0.5, 0.6) is 0 Å². The molecule has 0 bridgehead atoms. The molecule has 4 atom stereocenters. The van der Waals surface area contributed by atoms with E-state index in [0.717, 1.165) is 16.7 Å². The zero-order valence-corrected chi connectivity index (χ0v) is 15.8. The summed E-state index contributed by atoms with van der Waals surface area (Å²) in [6.07, 6.45) is -3.57. The van der Waals surface area contributed by atoms with Gasteiger partial charge in [-0.05, 0) is 25.0 Å². The minimum Gasteiger partial charge on any atom is -0.394 e. The third-order valence-electron chi connectivity index (χ3n) is 4.80. The molecular formula is C22H27FO4. The topological polar surface area (TPSA) is 47.9 Å². The molecule has 1 aliphatic rings. The van der Waals surface area contributed by atoms with E-state index >= 15 is 0 Å². The fraction of sp³-hybridized carbons (Fsp3) is 0.455. The molecule has 2 aromatic carbocycles. The van der Waals surface area contributed by atoms with Gasteiger partial charge in [0.2, 0.25) is 0 Å². The van der Waals surface area contributed by atoms with Gasteiger partial charge >= 0.3 is 0 Å². The van der Waals surface area contributed by atoms with Crippen LogP contribution in [0.25, 0.3) is 0 Å². The van der Waals surface area contributed by atoms with Crippen molar-refractivity contribution in [2.75, 3.05) is 13.2 Å². The predicted octanol–water partition coefficient (Wildman–Crippen LogP) is 3.50. The maximum atomic E-state index is 14.6. The summed E-state index contributed by atoms with van der Waals surface area (Å²) in [5, 5.41) is 9.36. The SMILES string of the molecule is Cc1ccc(COC[C@H]2OC(CO)[C@@H](F)[C@@H]2OCc2ccc(C)cc2)cc1. The second-order valence-corrected chi connectivity index (χ2v) is 7.10. The lowest BCUT2D eigenvalue weighted by molar-refractivity contribution is -0.0775. The van der Waals surface area contributed by atoms with Gasteiger partial charge in [-0.25, -0.2) is 4.39 Å². The first-order valence-electron chi connectivity index (χ1n) is 9.27. The second-order valence-electron chi connectivity index (χ2n) is 7.10. The van der Waals surface area contributed by atoms with Gasteiger partial charge in [0.15, 0.2) is 6.17 Å². The van der Waals surface area contributed by atoms with Gasteiger partial charge in [-0.3, -0.25) is 0 Å². The Labute approximate surface area is 159 Å². The van der Waals surface area contributed by atoms with Gasteiger partial charge in [0.05, 0.1) is 26.4 Å². The van der Waals surface area contributed by atoms with Crippen LogP contribution in [0.4, 0.5) is 4.39 Å². The molecule has 4 nitrogen and oxygen atoms in total. The number of hydrogen-bond donors (Lipinski definition) is 1. The van der Waals surface area contributed by atoms with Gasteiger partial charge in [0.25, 0.3) is 0 Å². The van der Waals surface area contributed by atoms with Gasteiger partial charge < -0.3 is 19.3 Å². The molecule has 0 aliphatic carbocycles. The van der Waals surface area contributed by atoms with E-state index in [2.05, 4.69) is 0 Å². The van der Waals surface area contributed by atoms with Crippen LogP contribution in [0.1, 0.15) is 22.3 Å². The molecule has 1 unspecified atom stereocenters. The molecule has 146 valence electrons. The van der Waals surface area contributed by atoms with Crippen molar-refractivity contribution in [3.8, 4) is 0 Å². The number of halogens is 1. The molecule has 0 amide bonds. The highest BCUT2D eigenvalue weighted by Gasteiger charge is 2.45. The first kappa shape index (κ1) is 20.0. The lowest BCUT2D eigenvalue weighted by atomic mass is 10.1. The molecule has 0 spiro atoms. The number of aliphatic hydroxyl groups is 1. The van der Waals surface area contributed by atoms with E-state index < -0.39 is 24.5 Å². The fourth-order valence-corrected chi connectivity index (χ4v) is 3.12. The molecule has 1 aliphatic heterocycles. The van der Waals surface area contributed by atoms with Crippen molar-refractivity contribution in [3.63, 3.8) is 0 Å². The number of aliphatic hydroxyl groups excluding tert-OH is 1. The normalized spacial score (nSPS) is 25.0. The molecule has 1 fully saturated rings. The maximum Gasteiger partial charge on any atom is 0.157 e. The Balaban J connectivity index is 1.55. The summed E-state index contributed by atoms with van der Waals surface area (Å²) in [6, 6.07) is 16.0. The van der Waals surface area contributed by atoms with Crippen LogP contribution in [0.15, 0.2) is 48.5 Å². The van der Waals surface area contributed by atoms with Crippen LogP contribution >= 0.6 is 0 Å². The summed E-state index contributed by atoms with van der Waals surface area (Å²) in [5.41, 5.74) is 4.37. The van der Waals surface area contributed by atoms with E-state index in [4.69, 9.17) is 14.2 Å². The van der Waals surface area contributed by atoms with Gasteiger partial charge in [-0.2, -0.15) is 0 Å². The first-order chi connectivity index (χ1) is 13.1. The highest BCUT2D eigenvalue weighted by Crippen LogP contribution is 2.28. The van der Waals surface area contributed by atoms with Crippen molar-refractivity contribution in [1.82, 2.24) is 0 Å². The highest BCUT2D eigenvalue weighted by molar-refractivity contribution is 5.21. The Hall–Kier alpha value is -1.79. The summed E-state index contributed by atoms with van der Waals surface area (Å²) < 4.78 is 31.8. The molecule has 1 heterocycles. The lowest BCUT2D eigenvalue weighted by Crippen LogP contribution is -2.35. The summed E-state index contributed by atoms with van der Waals surface area (Å²) in [6.45, 7) is 4.60. The van der Waals surface area contributed by atoms with E-state index in [-0.39, 0.29) is 13.2 Å². The van der Waals surface area contributed by atoms with Gasteiger partial charge in [0, 0.05) is 0 Å².